The Labute approximate surface area is 158 Å². The summed E-state index contributed by atoms with van der Waals surface area (Å²) in [4.78, 5) is 24.2. The second-order valence-corrected chi connectivity index (χ2v) is 6.81. The normalized spacial score (nSPS) is 15.0. The molecule has 150 valence electrons. The quantitative estimate of drug-likeness (QED) is 0.413. The fourth-order valence-electron chi connectivity index (χ4n) is 2.12. The molecule has 3 atom stereocenters. The molecule has 9 nitrogen and oxygen atoms in total. The zero-order chi connectivity index (χ0) is 20.4. The van der Waals surface area contributed by atoms with Crippen LogP contribution < -0.4 is 5.50 Å². The molecule has 3 unspecified atom stereocenters. The number of ether oxygens (including phenoxy) is 2. The van der Waals surface area contributed by atoms with Crippen LogP contribution in [-0.4, -0.2) is 40.4 Å². The van der Waals surface area contributed by atoms with Gasteiger partial charge in [-0.2, -0.15) is 0 Å². The van der Waals surface area contributed by atoms with E-state index in [0.29, 0.717) is 12.3 Å². The summed E-state index contributed by atoms with van der Waals surface area (Å²) in [6.45, 7) is 5.65. The van der Waals surface area contributed by atoms with E-state index in [4.69, 9.17) is 9.63 Å². The van der Waals surface area contributed by atoms with E-state index in [1.165, 1.54) is 20.2 Å². The summed E-state index contributed by atoms with van der Waals surface area (Å²) in [5, 5.41) is 0. The maximum Gasteiger partial charge on any atom is 0.402 e. The number of imidazole rings is 1. The molecule has 0 aliphatic carbocycles. The molecule has 0 spiro atoms. The minimum Gasteiger partial charge on any atom is -0.461 e. The van der Waals surface area contributed by atoms with Gasteiger partial charge >= 0.3 is 13.7 Å². The molecule has 0 fully saturated rings. The first-order valence-corrected chi connectivity index (χ1v) is 9.90. The average molecular weight is 399 g/mol. The first-order valence-electron chi connectivity index (χ1n) is 8.26. The van der Waals surface area contributed by atoms with Crippen molar-refractivity contribution in [2.75, 3.05) is 13.7 Å². The largest absolute Gasteiger partial charge is 0.461 e. The standard InChI is InChI=1S/C14H16N2O2.C3H10NO4P/c1-3-18-14(17)13-9-15-10-16(13)11(2)12-7-5-4-6-8-12;1-3(7-2)8-9(4,5)6/h4-11H,3H2,1-2H3;3H,1-2H3,(H3,4,5,6). The average Bonchev–Trinajstić information content (AvgIpc) is 3.11. The second kappa shape index (κ2) is 11.0. The lowest BCUT2D eigenvalue weighted by Gasteiger charge is -2.16. The molecule has 0 bridgehead atoms. The maximum atomic E-state index is 11.8. The van der Waals surface area contributed by atoms with Gasteiger partial charge in [0.2, 0.25) is 0 Å². The van der Waals surface area contributed by atoms with Crippen molar-refractivity contribution < 1.29 is 28.3 Å². The summed E-state index contributed by atoms with van der Waals surface area (Å²) < 4.78 is 25.8. The Morgan fingerprint density at radius 1 is 1.33 bits per heavy atom. The van der Waals surface area contributed by atoms with Gasteiger partial charge in [0.05, 0.1) is 25.2 Å². The van der Waals surface area contributed by atoms with Crippen molar-refractivity contribution in [1.29, 1.82) is 0 Å². The third-order valence-corrected chi connectivity index (χ3v) is 4.08. The van der Waals surface area contributed by atoms with Gasteiger partial charge in [0.25, 0.3) is 0 Å². The third kappa shape index (κ3) is 8.03. The minimum absolute atomic E-state index is 0.0492. The van der Waals surface area contributed by atoms with Crippen LogP contribution in [0.4, 0.5) is 0 Å². The summed E-state index contributed by atoms with van der Waals surface area (Å²) in [5.74, 6) is -0.335. The Bertz CT molecular complexity index is 746. The molecule has 10 heteroatoms. The van der Waals surface area contributed by atoms with Gasteiger partial charge in [0.1, 0.15) is 5.69 Å². The first kappa shape index (κ1) is 23.0. The van der Waals surface area contributed by atoms with Crippen LogP contribution in [0.25, 0.3) is 0 Å². The molecule has 2 aromatic rings. The first-order chi connectivity index (χ1) is 12.7. The molecule has 0 aliphatic heterocycles. The van der Waals surface area contributed by atoms with Crippen LogP contribution in [0.1, 0.15) is 42.9 Å². The Hall–Kier alpha value is -2.03. The van der Waals surface area contributed by atoms with Crippen LogP contribution in [0.15, 0.2) is 42.9 Å². The number of benzene rings is 1. The van der Waals surface area contributed by atoms with Gasteiger partial charge in [-0.1, -0.05) is 30.3 Å². The van der Waals surface area contributed by atoms with Crippen molar-refractivity contribution >= 4 is 13.7 Å². The summed E-state index contributed by atoms with van der Waals surface area (Å²) in [6, 6.07) is 10.0. The Balaban J connectivity index is 0.000000345. The highest BCUT2D eigenvalue weighted by molar-refractivity contribution is 7.50. The summed E-state index contributed by atoms with van der Waals surface area (Å²) >= 11 is 0. The molecule has 1 heterocycles. The number of rotatable bonds is 7. The van der Waals surface area contributed by atoms with E-state index in [2.05, 4.69) is 19.7 Å². The van der Waals surface area contributed by atoms with Crippen LogP contribution in [0.3, 0.4) is 0 Å². The lowest BCUT2D eigenvalue weighted by molar-refractivity contribution is -0.0439. The Morgan fingerprint density at radius 3 is 2.44 bits per heavy atom. The Kier molecular flexibility index (Phi) is 9.34. The van der Waals surface area contributed by atoms with Gasteiger partial charge in [-0.25, -0.2) is 19.8 Å². The number of hydrogen-bond donors (Lipinski definition) is 2. The molecule has 0 aliphatic rings. The van der Waals surface area contributed by atoms with Crippen molar-refractivity contribution in [1.82, 2.24) is 9.55 Å². The lowest BCUT2D eigenvalue weighted by atomic mass is 10.1. The zero-order valence-corrected chi connectivity index (χ0v) is 16.7. The van der Waals surface area contributed by atoms with E-state index in [9.17, 15) is 9.36 Å². The molecule has 1 aromatic heterocycles. The molecular weight excluding hydrogens is 373 g/mol. The van der Waals surface area contributed by atoms with Crippen LogP contribution in [0, 0.1) is 0 Å². The molecule has 0 saturated heterocycles. The number of aromatic nitrogens is 2. The molecule has 0 saturated carbocycles. The van der Waals surface area contributed by atoms with Crippen LogP contribution in [0.5, 0.6) is 0 Å². The molecule has 2 rings (SSSR count). The second-order valence-electron chi connectivity index (χ2n) is 5.47. The zero-order valence-electron chi connectivity index (χ0n) is 15.8. The monoisotopic (exact) mass is 399 g/mol. The SMILES string of the molecule is CCOC(=O)c1cncn1C(C)c1ccccc1.COC(C)OP(N)(=O)O. The fraction of sp³-hybridized carbons (Fsp3) is 0.412. The molecule has 0 amide bonds. The number of nitrogens with zero attached hydrogens (tertiary/aromatic N) is 2. The van der Waals surface area contributed by atoms with Gasteiger partial charge in [-0.05, 0) is 26.3 Å². The number of hydrogen-bond acceptors (Lipinski definition) is 6. The highest BCUT2D eigenvalue weighted by Gasteiger charge is 2.17. The molecule has 3 N–H and O–H groups in total. The van der Waals surface area contributed by atoms with Gasteiger partial charge in [0, 0.05) is 7.11 Å². The molecule has 27 heavy (non-hydrogen) atoms. The highest BCUT2D eigenvalue weighted by atomic mass is 31.2. The molecule has 1 aromatic carbocycles. The van der Waals surface area contributed by atoms with E-state index in [1.807, 2.05) is 41.8 Å². The maximum absolute atomic E-state index is 11.8. The number of carbonyl (C=O) groups is 1. The van der Waals surface area contributed by atoms with Crippen molar-refractivity contribution in [2.24, 2.45) is 5.50 Å². The smallest absolute Gasteiger partial charge is 0.402 e. The van der Waals surface area contributed by atoms with Crippen LogP contribution in [-0.2, 0) is 18.6 Å². The Morgan fingerprint density at radius 2 is 1.96 bits per heavy atom. The lowest BCUT2D eigenvalue weighted by Crippen LogP contribution is -2.15. The van der Waals surface area contributed by atoms with Crippen LogP contribution >= 0.6 is 7.75 Å². The fourth-order valence-corrected chi connectivity index (χ4v) is 2.64. The number of esters is 1. The van der Waals surface area contributed by atoms with E-state index < -0.39 is 14.0 Å². The van der Waals surface area contributed by atoms with Gasteiger partial charge < -0.3 is 18.9 Å². The topological polar surface area (TPSA) is 126 Å². The predicted octanol–water partition coefficient (Wildman–Crippen LogP) is 2.72. The van der Waals surface area contributed by atoms with Gasteiger partial charge in [-0.15, -0.1) is 0 Å². The predicted molar refractivity (Wildman–Crippen MR) is 100 cm³/mol. The number of methoxy groups -OCH3 is 1. The summed E-state index contributed by atoms with van der Waals surface area (Å²) in [5.41, 5.74) is 6.23. The van der Waals surface area contributed by atoms with Gasteiger partial charge in [0.15, 0.2) is 6.29 Å². The van der Waals surface area contributed by atoms with Crippen molar-refractivity contribution in [3.63, 3.8) is 0 Å². The molecular formula is C17H26N3O6P. The third-order valence-electron chi connectivity index (χ3n) is 3.48. The van der Waals surface area contributed by atoms with Crippen LogP contribution in [0.2, 0.25) is 0 Å². The van der Waals surface area contributed by atoms with Crippen molar-refractivity contribution in [2.45, 2.75) is 33.1 Å². The minimum atomic E-state index is -3.86. The van der Waals surface area contributed by atoms with Crippen molar-refractivity contribution in [3.05, 3.63) is 54.1 Å². The summed E-state index contributed by atoms with van der Waals surface area (Å²) in [7, 11) is -2.52. The van der Waals surface area contributed by atoms with E-state index >= 15 is 0 Å². The summed E-state index contributed by atoms with van der Waals surface area (Å²) in [6.07, 6.45) is 2.45. The number of nitrogens with two attached hydrogens (primary N) is 1. The highest BCUT2D eigenvalue weighted by Crippen LogP contribution is 2.32. The van der Waals surface area contributed by atoms with Gasteiger partial charge in [-0.3, -0.25) is 4.52 Å². The van der Waals surface area contributed by atoms with E-state index in [0.717, 1.165) is 5.56 Å². The van der Waals surface area contributed by atoms with E-state index in [1.54, 1.807) is 13.3 Å². The number of carbonyl (C=O) groups excluding carboxylic acids is 1. The van der Waals surface area contributed by atoms with E-state index in [-0.39, 0.29) is 12.0 Å². The molecule has 0 radical (unpaired) electrons. The van der Waals surface area contributed by atoms with Crippen molar-refractivity contribution in [3.8, 4) is 0 Å².